The number of benzene rings is 1. The fraction of sp³-hybridized carbons (Fsp3) is 0.400. The number of pyridine rings is 2. The van der Waals surface area contributed by atoms with Crippen LogP contribution in [0.25, 0.3) is 10.9 Å². The molecule has 0 spiro atoms. The van der Waals surface area contributed by atoms with Gasteiger partial charge in [-0.2, -0.15) is 0 Å². The number of hydrogen-bond acceptors (Lipinski definition) is 8. The number of nitrogens with one attached hydrogen (secondary N) is 2. The molecule has 2 aromatic heterocycles. The molecule has 2 aliphatic rings. The molecule has 178 valence electrons. The predicted molar refractivity (Wildman–Crippen MR) is 128 cm³/mol. The Morgan fingerprint density at radius 1 is 1.26 bits per heavy atom. The minimum Gasteiger partial charge on any atom is -0.497 e. The Balaban J connectivity index is 1.14. The first kappa shape index (κ1) is 22.5. The standard InChI is InChI=1S/C25H29N5O4/c1-33-18-3-4-21-20(12-18)19(6-9-26-21)22(31)14-30-10-7-16(8-11-30)27-13-17-2-5-23-25(28-17)29-24(32)15-34-23/h2-6,9,12,16,22,27,31H,7-8,10-11,13-15H2,1H3,(H,28,29,32). The van der Waals surface area contributed by atoms with Gasteiger partial charge in [0.05, 0.1) is 24.4 Å². The Hall–Kier alpha value is -3.27. The van der Waals surface area contributed by atoms with Crippen LogP contribution in [0.4, 0.5) is 5.82 Å². The molecule has 0 bridgehead atoms. The highest BCUT2D eigenvalue weighted by molar-refractivity contribution is 5.94. The Bertz CT molecular complexity index is 1180. The number of aromatic nitrogens is 2. The van der Waals surface area contributed by atoms with Crippen molar-refractivity contribution in [3.8, 4) is 11.5 Å². The SMILES string of the molecule is COc1ccc2nccc(C(O)CN3CCC(NCc4ccc5c(n4)NC(=O)CO5)CC3)c2c1. The largest absolute Gasteiger partial charge is 0.497 e. The van der Waals surface area contributed by atoms with Gasteiger partial charge < -0.3 is 30.1 Å². The summed E-state index contributed by atoms with van der Waals surface area (Å²) in [4.78, 5) is 22.7. The maximum Gasteiger partial charge on any atom is 0.263 e. The summed E-state index contributed by atoms with van der Waals surface area (Å²) in [7, 11) is 1.64. The summed E-state index contributed by atoms with van der Waals surface area (Å²) in [5, 5.41) is 18.2. The first-order valence-corrected chi connectivity index (χ1v) is 11.6. The maximum absolute atomic E-state index is 11.5. The molecule has 5 rings (SSSR count). The molecule has 0 radical (unpaired) electrons. The van der Waals surface area contributed by atoms with Crippen LogP contribution in [0.2, 0.25) is 0 Å². The van der Waals surface area contributed by atoms with Crippen LogP contribution in [0.3, 0.4) is 0 Å². The van der Waals surface area contributed by atoms with E-state index >= 15 is 0 Å². The van der Waals surface area contributed by atoms with Crippen molar-refractivity contribution in [2.24, 2.45) is 0 Å². The number of carbonyl (C=O) groups excluding carboxylic acids is 1. The van der Waals surface area contributed by atoms with Gasteiger partial charge in [-0.1, -0.05) is 0 Å². The number of aliphatic hydroxyl groups is 1. The number of anilines is 1. The summed E-state index contributed by atoms with van der Waals surface area (Å²) in [6.45, 7) is 3.05. The minimum atomic E-state index is -0.598. The topological polar surface area (TPSA) is 109 Å². The first-order chi connectivity index (χ1) is 16.6. The predicted octanol–water partition coefficient (Wildman–Crippen LogP) is 2.26. The highest BCUT2D eigenvalue weighted by Crippen LogP contribution is 2.28. The van der Waals surface area contributed by atoms with Crippen LogP contribution in [0.5, 0.6) is 11.5 Å². The van der Waals surface area contributed by atoms with Crippen LogP contribution < -0.4 is 20.1 Å². The van der Waals surface area contributed by atoms with Crippen LogP contribution in [-0.4, -0.2) is 65.3 Å². The molecule has 1 fully saturated rings. The summed E-state index contributed by atoms with van der Waals surface area (Å²) in [5.41, 5.74) is 2.59. The van der Waals surface area contributed by atoms with Crippen molar-refractivity contribution in [3.05, 3.63) is 53.9 Å². The third kappa shape index (κ3) is 4.96. The number of amides is 1. The summed E-state index contributed by atoms with van der Waals surface area (Å²) in [6, 6.07) is 11.8. The highest BCUT2D eigenvalue weighted by atomic mass is 16.5. The molecule has 1 unspecified atom stereocenters. The number of aliphatic hydroxyl groups excluding tert-OH is 1. The number of fused-ring (bicyclic) bond motifs is 2. The van der Waals surface area contributed by atoms with Crippen LogP contribution in [0.15, 0.2) is 42.6 Å². The van der Waals surface area contributed by atoms with E-state index in [1.165, 1.54) is 0 Å². The lowest BCUT2D eigenvalue weighted by molar-refractivity contribution is -0.118. The zero-order chi connectivity index (χ0) is 23.5. The molecule has 1 atom stereocenters. The van der Waals surface area contributed by atoms with E-state index < -0.39 is 6.10 Å². The van der Waals surface area contributed by atoms with Gasteiger partial charge in [0.2, 0.25) is 0 Å². The van der Waals surface area contributed by atoms with Gasteiger partial charge in [-0.05, 0) is 67.9 Å². The van der Waals surface area contributed by atoms with E-state index in [2.05, 4.69) is 25.5 Å². The molecular weight excluding hydrogens is 434 g/mol. The second kappa shape index (κ2) is 9.92. The van der Waals surface area contributed by atoms with Crippen molar-refractivity contribution in [2.45, 2.75) is 31.5 Å². The van der Waals surface area contributed by atoms with Gasteiger partial charge in [0, 0.05) is 30.7 Å². The minimum absolute atomic E-state index is 0.0329. The van der Waals surface area contributed by atoms with Crippen LogP contribution >= 0.6 is 0 Å². The Morgan fingerprint density at radius 3 is 2.94 bits per heavy atom. The van der Waals surface area contributed by atoms with Crippen molar-refractivity contribution in [1.29, 1.82) is 0 Å². The van der Waals surface area contributed by atoms with E-state index in [1.807, 2.05) is 36.4 Å². The quantitative estimate of drug-likeness (QED) is 0.490. The molecule has 1 aromatic carbocycles. The lowest BCUT2D eigenvalue weighted by Gasteiger charge is -2.33. The molecule has 3 N–H and O–H groups in total. The monoisotopic (exact) mass is 463 g/mol. The zero-order valence-corrected chi connectivity index (χ0v) is 19.2. The smallest absolute Gasteiger partial charge is 0.263 e. The number of likely N-dealkylation sites (tertiary alicyclic amines) is 1. The number of carbonyl (C=O) groups is 1. The summed E-state index contributed by atoms with van der Waals surface area (Å²) in [5.74, 6) is 1.67. The van der Waals surface area contributed by atoms with Crippen LogP contribution in [0, 0.1) is 0 Å². The van der Waals surface area contributed by atoms with E-state index in [-0.39, 0.29) is 12.5 Å². The lowest BCUT2D eigenvalue weighted by atomic mass is 10.0. The second-order valence-electron chi connectivity index (χ2n) is 8.74. The third-order valence-electron chi connectivity index (χ3n) is 6.46. The number of nitrogens with zero attached hydrogens (tertiary/aromatic N) is 3. The lowest BCUT2D eigenvalue weighted by Crippen LogP contribution is -2.43. The molecule has 3 aromatic rings. The van der Waals surface area contributed by atoms with Crippen molar-refractivity contribution in [3.63, 3.8) is 0 Å². The number of hydrogen-bond donors (Lipinski definition) is 3. The summed E-state index contributed by atoms with van der Waals surface area (Å²) in [6.07, 6.45) is 3.12. The van der Waals surface area contributed by atoms with Crippen molar-refractivity contribution in [1.82, 2.24) is 20.2 Å². The zero-order valence-electron chi connectivity index (χ0n) is 19.2. The highest BCUT2D eigenvalue weighted by Gasteiger charge is 2.23. The van der Waals surface area contributed by atoms with Crippen molar-refractivity contribution in [2.75, 3.05) is 38.7 Å². The first-order valence-electron chi connectivity index (χ1n) is 11.6. The fourth-order valence-electron chi connectivity index (χ4n) is 4.58. The molecule has 9 nitrogen and oxygen atoms in total. The summed E-state index contributed by atoms with van der Waals surface area (Å²) >= 11 is 0. The maximum atomic E-state index is 11.5. The average Bonchev–Trinajstić information content (AvgIpc) is 2.87. The molecule has 1 amide bonds. The summed E-state index contributed by atoms with van der Waals surface area (Å²) < 4.78 is 10.7. The number of piperidine rings is 1. The fourth-order valence-corrected chi connectivity index (χ4v) is 4.58. The van der Waals surface area contributed by atoms with Crippen molar-refractivity contribution >= 4 is 22.6 Å². The van der Waals surface area contributed by atoms with E-state index in [0.717, 1.165) is 53.8 Å². The molecule has 4 heterocycles. The number of ether oxygens (including phenoxy) is 2. The number of rotatable bonds is 7. The molecule has 0 aliphatic carbocycles. The molecule has 9 heteroatoms. The van der Waals surface area contributed by atoms with Gasteiger partial charge in [0.25, 0.3) is 5.91 Å². The van der Waals surface area contributed by atoms with Gasteiger partial charge in [-0.25, -0.2) is 4.98 Å². The van der Waals surface area contributed by atoms with Crippen molar-refractivity contribution < 1.29 is 19.4 Å². The molecule has 34 heavy (non-hydrogen) atoms. The van der Waals surface area contributed by atoms with Crippen LogP contribution in [0.1, 0.15) is 30.2 Å². The Morgan fingerprint density at radius 2 is 2.12 bits per heavy atom. The normalized spacial score (nSPS) is 17.6. The molecule has 0 saturated carbocycles. The van der Waals surface area contributed by atoms with E-state index in [9.17, 15) is 9.90 Å². The molecule has 1 saturated heterocycles. The van der Waals surface area contributed by atoms with Gasteiger partial charge in [0.15, 0.2) is 18.2 Å². The van der Waals surface area contributed by atoms with E-state index in [0.29, 0.717) is 30.7 Å². The van der Waals surface area contributed by atoms with Gasteiger partial charge in [0.1, 0.15) is 5.75 Å². The number of methoxy groups -OCH3 is 1. The second-order valence-corrected chi connectivity index (χ2v) is 8.74. The molecule has 2 aliphatic heterocycles. The average molecular weight is 464 g/mol. The van der Waals surface area contributed by atoms with E-state index in [1.54, 1.807) is 13.3 Å². The third-order valence-corrected chi connectivity index (χ3v) is 6.46. The van der Waals surface area contributed by atoms with Crippen LogP contribution in [-0.2, 0) is 11.3 Å². The number of β-amino-alcohol motifs (C(OH)–C–C–N with tert-alkyl or cyclic N) is 1. The van der Waals surface area contributed by atoms with Gasteiger partial charge in [-0.15, -0.1) is 0 Å². The van der Waals surface area contributed by atoms with E-state index in [4.69, 9.17) is 9.47 Å². The Kier molecular flexibility index (Phi) is 6.57. The molecular formula is C25H29N5O4. The Labute approximate surface area is 198 Å². The van der Waals surface area contributed by atoms with Gasteiger partial charge in [-0.3, -0.25) is 9.78 Å². The van der Waals surface area contributed by atoms with Gasteiger partial charge >= 0.3 is 0 Å².